The monoisotopic (exact) mass is 378 g/mol. The third-order valence-electron chi connectivity index (χ3n) is 3.61. The normalized spacial score (nSPS) is 10.1. The van der Waals surface area contributed by atoms with Crippen molar-refractivity contribution in [1.29, 1.82) is 5.26 Å². The highest BCUT2D eigenvalue weighted by molar-refractivity contribution is 5.94. The van der Waals surface area contributed by atoms with E-state index < -0.39 is 24.5 Å². The van der Waals surface area contributed by atoms with Crippen LogP contribution in [0.15, 0.2) is 54.6 Å². The van der Waals surface area contributed by atoms with Gasteiger partial charge in [-0.1, -0.05) is 24.3 Å². The maximum atomic E-state index is 11.8. The number of benzene rings is 2. The molecule has 0 aromatic heterocycles. The molecule has 0 saturated carbocycles. The van der Waals surface area contributed by atoms with Gasteiger partial charge in [-0.3, -0.25) is 4.79 Å². The van der Waals surface area contributed by atoms with Crippen molar-refractivity contribution in [2.45, 2.75) is 6.42 Å². The number of amides is 1. The zero-order valence-electron chi connectivity index (χ0n) is 15.2. The molecule has 2 aromatic rings. The highest BCUT2D eigenvalue weighted by Crippen LogP contribution is 2.10. The van der Waals surface area contributed by atoms with Gasteiger partial charge in [-0.05, 0) is 41.5 Å². The number of nitrogens with one attached hydrogen (secondary N) is 1. The fraction of sp³-hybridized carbons (Fsp3) is 0.143. The Morgan fingerprint density at radius 1 is 1.07 bits per heavy atom. The molecule has 0 unspecified atom stereocenters. The largest absolute Gasteiger partial charge is 0.465 e. The summed E-state index contributed by atoms with van der Waals surface area (Å²) in [5.74, 6) is -1.59. The van der Waals surface area contributed by atoms with Crippen molar-refractivity contribution in [2.24, 2.45) is 0 Å². The maximum Gasteiger partial charge on any atom is 0.337 e. The van der Waals surface area contributed by atoms with Crippen molar-refractivity contribution < 1.29 is 23.9 Å². The van der Waals surface area contributed by atoms with E-state index in [1.54, 1.807) is 48.5 Å². The highest BCUT2D eigenvalue weighted by Gasteiger charge is 2.06. The number of nitrogens with zero attached hydrogens (tertiary/aromatic N) is 1. The van der Waals surface area contributed by atoms with Crippen LogP contribution in [0.3, 0.4) is 0 Å². The lowest BCUT2D eigenvalue weighted by Gasteiger charge is -2.06. The summed E-state index contributed by atoms with van der Waals surface area (Å²) in [6.45, 7) is -0.426. The molecule has 0 bridgehead atoms. The summed E-state index contributed by atoms with van der Waals surface area (Å²) < 4.78 is 9.49. The Hall–Kier alpha value is -3.92. The van der Waals surface area contributed by atoms with Crippen LogP contribution in [-0.4, -0.2) is 31.6 Å². The third-order valence-corrected chi connectivity index (χ3v) is 3.61. The van der Waals surface area contributed by atoms with Gasteiger partial charge < -0.3 is 14.8 Å². The van der Waals surface area contributed by atoms with E-state index in [0.29, 0.717) is 23.2 Å². The van der Waals surface area contributed by atoms with Crippen molar-refractivity contribution in [2.75, 3.05) is 19.0 Å². The molecule has 28 heavy (non-hydrogen) atoms. The van der Waals surface area contributed by atoms with Gasteiger partial charge in [-0.2, -0.15) is 5.26 Å². The van der Waals surface area contributed by atoms with Gasteiger partial charge in [0.15, 0.2) is 6.61 Å². The first kappa shape index (κ1) is 20.4. The zero-order chi connectivity index (χ0) is 20.4. The predicted molar refractivity (Wildman–Crippen MR) is 102 cm³/mol. The Morgan fingerprint density at radius 3 is 2.36 bits per heavy atom. The second-order valence-electron chi connectivity index (χ2n) is 5.63. The van der Waals surface area contributed by atoms with Crippen molar-refractivity contribution in [3.63, 3.8) is 0 Å². The molecule has 0 aliphatic rings. The number of rotatable bonds is 7. The lowest BCUT2D eigenvalue weighted by molar-refractivity contribution is -0.142. The molecule has 0 fully saturated rings. The van der Waals surface area contributed by atoms with Crippen LogP contribution in [0, 0.1) is 11.3 Å². The van der Waals surface area contributed by atoms with Crippen LogP contribution < -0.4 is 5.32 Å². The SMILES string of the molecule is COC(=O)c1ccc(/C=C/C(=O)OCC(=O)Nc2ccc(CC#N)cc2)cc1. The van der Waals surface area contributed by atoms with Crippen LogP contribution >= 0.6 is 0 Å². The molecule has 7 heteroatoms. The summed E-state index contributed by atoms with van der Waals surface area (Å²) in [5.41, 5.74) is 2.48. The quantitative estimate of drug-likeness (QED) is 0.587. The highest BCUT2D eigenvalue weighted by atomic mass is 16.5. The lowest BCUT2D eigenvalue weighted by Crippen LogP contribution is -2.20. The first-order valence-electron chi connectivity index (χ1n) is 8.31. The molecule has 2 aromatic carbocycles. The molecule has 7 nitrogen and oxygen atoms in total. The number of methoxy groups -OCH3 is 1. The first-order chi connectivity index (χ1) is 13.5. The molecule has 1 N–H and O–H groups in total. The number of hydrogen-bond donors (Lipinski definition) is 1. The van der Waals surface area contributed by atoms with Gasteiger partial charge in [0, 0.05) is 11.8 Å². The van der Waals surface area contributed by atoms with E-state index in [2.05, 4.69) is 10.1 Å². The Bertz CT molecular complexity index is 909. The minimum absolute atomic E-state index is 0.295. The van der Waals surface area contributed by atoms with E-state index >= 15 is 0 Å². The van der Waals surface area contributed by atoms with Crippen molar-refractivity contribution >= 4 is 29.6 Å². The Balaban J connectivity index is 1.79. The molecule has 0 atom stereocenters. The van der Waals surface area contributed by atoms with E-state index in [1.807, 2.05) is 6.07 Å². The van der Waals surface area contributed by atoms with E-state index in [0.717, 1.165) is 5.56 Å². The standard InChI is InChI=1S/C21H18N2O5/c1-27-21(26)17-7-2-15(3-8-17)6-11-20(25)28-14-19(24)23-18-9-4-16(5-10-18)12-13-22/h2-11H,12,14H2,1H3,(H,23,24)/b11-6+. The summed E-state index contributed by atoms with van der Waals surface area (Å²) in [6, 6.07) is 15.3. The predicted octanol–water partition coefficient (Wildman–Crippen LogP) is 2.73. The molecule has 0 aliphatic heterocycles. The number of carbonyl (C=O) groups excluding carboxylic acids is 3. The fourth-order valence-corrected chi connectivity index (χ4v) is 2.19. The Labute approximate surface area is 162 Å². The van der Waals surface area contributed by atoms with Crippen LogP contribution in [0.5, 0.6) is 0 Å². The number of ether oxygens (including phenoxy) is 2. The molecule has 0 radical (unpaired) electrons. The van der Waals surface area contributed by atoms with E-state index in [4.69, 9.17) is 10.00 Å². The topological polar surface area (TPSA) is 105 Å². The molecule has 2 rings (SSSR count). The third kappa shape index (κ3) is 6.42. The van der Waals surface area contributed by atoms with E-state index in [-0.39, 0.29) is 0 Å². The van der Waals surface area contributed by atoms with Crippen molar-refractivity contribution in [1.82, 2.24) is 0 Å². The van der Waals surface area contributed by atoms with Crippen molar-refractivity contribution in [3.05, 3.63) is 71.3 Å². The molecular weight excluding hydrogens is 360 g/mol. The average molecular weight is 378 g/mol. The molecule has 142 valence electrons. The van der Waals surface area contributed by atoms with Gasteiger partial charge in [0.05, 0.1) is 25.2 Å². The smallest absolute Gasteiger partial charge is 0.337 e. The van der Waals surface area contributed by atoms with E-state index in [9.17, 15) is 14.4 Å². The minimum atomic E-state index is -0.670. The number of carbonyl (C=O) groups is 3. The van der Waals surface area contributed by atoms with Crippen LogP contribution in [0.4, 0.5) is 5.69 Å². The maximum absolute atomic E-state index is 11.8. The Morgan fingerprint density at radius 2 is 1.75 bits per heavy atom. The van der Waals surface area contributed by atoms with E-state index in [1.165, 1.54) is 19.3 Å². The summed E-state index contributed by atoms with van der Waals surface area (Å²) in [4.78, 5) is 34.9. The molecular formula is C21H18N2O5. The first-order valence-corrected chi connectivity index (χ1v) is 8.31. The molecule has 0 aliphatic carbocycles. The molecule has 0 spiro atoms. The zero-order valence-corrected chi connectivity index (χ0v) is 15.2. The summed E-state index contributed by atoms with van der Waals surface area (Å²) in [7, 11) is 1.30. The minimum Gasteiger partial charge on any atom is -0.465 e. The van der Waals surface area contributed by atoms with Gasteiger partial charge in [-0.25, -0.2) is 9.59 Å². The summed E-state index contributed by atoms with van der Waals surface area (Å²) >= 11 is 0. The second kappa shape index (κ2) is 10.3. The van der Waals surface area contributed by atoms with Gasteiger partial charge in [0.2, 0.25) is 0 Å². The Kier molecular flexibility index (Phi) is 7.49. The van der Waals surface area contributed by atoms with Gasteiger partial charge in [0.1, 0.15) is 0 Å². The molecule has 0 saturated heterocycles. The van der Waals surface area contributed by atoms with Gasteiger partial charge >= 0.3 is 11.9 Å². The second-order valence-corrected chi connectivity index (χ2v) is 5.63. The summed E-state index contributed by atoms with van der Waals surface area (Å²) in [6.07, 6.45) is 3.00. The summed E-state index contributed by atoms with van der Waals surface area (Å²) in [5, 5.41) is 11.2. The molecule has 0 heterocycles. The lowest BCUT2D eigenvalue weighted by atomic mass is 10.1. The number of hydrogen-bond acceptors (Lipinski definition) is 6. The number of anilines is 1. The van der Waals surface area contributed by atoms with Crippen molar-refractivity contribution in [3.8, 4) is 6.07 Å². The van der Waals surface area contributed by atoms with Crippen LogP contribution in [0.2, 0.25) is 0 Å². The number of esters is 2. The van der Waals surface area contributed by atoms with Gasteiger partial charge in [0.25, 0.3) is 5.91 Å². The molecule has 1 amide bonds. The number of nitriles is 1. The van der Waals surface area contributed by atoms with Crippen LogP contribution in [0.25, 0.3) is 6.08 Å². The average Bonchev–Trinajstić information content (AvgIpc) is 2.72. The van der Waals surface area contributed by atoms with Crippen LogP contribution in [0.1, 0.15) is 21.5 Å². The van der Waals surface area contributed by atoms with Gasteiger partial charge in [-0.15, -0.1) is 0 Å². The fourth-order valence-electron chi connectivity index (χ4n) is 2.19. The van der Waals surface area contributed by atoms with Crippen LogP contribution in [-0.2, 0) is 25.5 Å².